The number of anilines is 2. The highest BCUT2D eigenvalue weighted by atomic mass is 32.2. The second kappa shape index (κ2) is 8.28. The summed E-state index contributed by atoms with van der Waals surface area (Å²) in [7, 11) is -4.43. The van der Waals surface area contributed by atoms with Crippen LogP contribution in [0.1, 0.15) is 11.3 Å². The molecule has 0 aliphatic heterocycles. The molecule has 0 saturated heterocycles. The molecule has 1 aromatic carbocycles. The number of amides is 1. The van der Waals surface area contributed by atoms with Crippen LogP contribution in [0.25, 0.3) is 10.8 Å². The minimum Gasteiger partial charge on any atom is -0.464 e. The fourth-order valence-electron chi connectivity index (χ4n) is 3.11. The number of hydrogen-bond donors (Lipinski definition) is 2. The second-order valence-corrected chi connectivity index (χ2v) is 9.00. The van der Waals surface area contributed by atoms with Gasteiger partial charge in [0.05, 0.1) is 16.9 Å². The summed E-state index contributed by atoms with van der Waals surface area (Å²) in [5.41, 5.74) is 3.44. The molecule has 0 saturated carbocycles. The highest BCUT2D eigenvalue weighted by Gasteiger charge is 2.33. The summed E-state index contributed by atoms with van der Waals surface area (Å²) < 4.78 is 26.0. The third-order valence-electron chi connectivity index (χ3n) is 4.61. The molecule has 9 nitrogen and oxygen atoms in total. The van der Waals surface area contributed by atoms with E-state index in [2.05, 4.69) is 20.3 Å². The van der Waals surface area contributed by atoms with Crippen LogP contribution in [0.4, 0.5) is 16.3 Å². The van der Waals surface area contributed by atoms with Crippen molar-refractivity contribution in [3.05, 3.63) is 70.9 Å². The van der Waals surface area contributed by atoms with Gasteiger partial charge >= 0.3 is 6.09 Å². The van der Waals surface area contributed by atoms with Crippen LogP contribution in [0.3, 0.4) is 0 Å². The Morgan fingerprint density at radius 2 is 2.06 bits per heavy atom. The summed E-state index contributed by atoms with van der Waals surface area (Å²) >= 11 is 1.09. The molecule has 0 unspecified atom stereocenters. The van der Waals surface area contributed by atoms with Gasteiger partial charge in [-0.3, -0.25) is 4.98 Å². The predicted octanol–water partition coefficient (Wildman–Crippen LogP) is 3.88. The van der Waals surface area contributed by atoms with E-state index in [4.69, 9.17) is 0 Å². The molecule has 158 valence electrons. The number of aromatic nitrogens is 3. The number of nitrogens with zero attached hydrogens (tertiary/aromatic N) is 4. The maximum atomic E-state index is 12.9. The van der Waals surface area contributed by atoms with Crippen LogP contribution in [-0.2, 0) is 16.6 Å². The number of carboxylic acid groups (broad SMARTS) is 1. The van der Waals surface area contributed by atoms with E-state index in [9.17, 15) is 18.3 Å². The maximum absolute atomic E-state index is 12.9. The standard InChI is InChI=1S/C20H17N5O4S2/c1-13-17(22-9-15-4-2-3-14-7-8-21-10-16(14)15)5-6-19(24-13)31(28,29)25(20(26)27)18-11-30-12-23-18/h2-8,10-12,22H,9H2,1H3,(H,26,27). The van der Waals surface area contributed by atoms with Crippen molar-refractivity contribution in [2.75, 3.05) is 9.62 Å². The number of nitrogens with one attached hydrogen (secondary N) is 1. The van der Waals surface area contributed by atoms with Crippen LogP contribution in [0, 0.1) is 6.92 Å². The normalized spacial score (nSPS) is 11.4. The average Bonchev–Trinajstić information content (AvgIpc) is 3.26. The molecule has 4 rings (SSSR count). The summed E-state index contributed by atoms with van der Waals surface area (Å²) in [4.78, 5) is 23.7. The first-order chi connectivity index (χ1) is 14.9. The van der Waals surface area contributed by atoms with Gasteiger partial charge in [0.15, 0.2) is 10.8 Å². The third-order valence-corrected chi connectivity index (χ3v) is 6.76. The number of benzene rings is 1. The lowest BCUT2D eigenvalue weighted by Crippen LogP contribution is -2.36. The third kappa shape index (κ3) is 4.05. The van der Waals surface area contributed by atoms with Crippen LogP contribution in [-0.4, -0.2) is 34.6 Å². The number of sulfonamides is 1. The molecule has 11 heteroatoms. The lowest BCUT2D eigenvalue weighted by molar-refractivity contribution is 0.206. The lowest BCUT2D eigenvalue weighted by Gasteiger charge is -2.17. The van der Waals surface area contributed by atoms with Crippen LogP contribution in [0.5, 0.6) is 0 Å². The molecule has 0 radical (unpaired) electrons. The smallest absolute Gasteiger partial charge is 0.427 e. The van der Waals surface area contributed by atoms with E-state index in [-0.39, 0.29) is 15.1 Å². The van der Waals surface area contributed by atoms with Gasteiger partial charge in [-0.25, -0.2) is 14.8 Å². The number of carbonyl (C=O) groups is 1. The Morgan fingerprint density at radius 3 is 2.77 bits per heavy atom. The van der Waals surface area contributed by atoms with Gasteiger partial charge in [0, 0.05) is 29.7 Å². The second-order valence-electron chi connectivity index (χ2n) is 6.55. The van der Waals surface area contributed by atoms with E-state index < -0.39 is 16.1 Å². The first-order valence-corrected chi connectivity index (χ1v) is 11.5. The molecular weight excluding hydrogens is 438 g/mol. The van der Waals surface area contributed by atoms with Gasteiger partial charge < -0.3 is 10.4 Å². The summed E-state index contributed by atoms with van der Waals surface area (Å²) in [5, 5.41) is 15.7. The Hall–Kier alpha value is -3.57. The van der Waals surface area contributed by atoms with Crippen LogP contribution in [0.2, 0.25) is 0 Å². The molecule has 0 fully saturated rings. The first-order valence-electron chi connectivity index (χ1n) is 9.07. The van der Waals surface area contributed by atoms with Crippen molar-refractivity contribution in [3.63, 3.8) is 0 Å². The molecular formula is C20H17N5O4S2. The number of rotatable bonds is 6. The number of thiazole rings is 1. The van der Waals surface area contributed by atoms with E-state index in [0.717, 1.165) is 27.7 Å². The van der Waals surface area contributed by atoms with Crippen LogP contribution >= 0.6 is 11.3 Å². The molecule has 0 aliphatic rings. The van der Waals surface area contributed by atoms with E-state index >= 15 is 0 Å². The van der Waals surface area contributed by atoms with Gasteiger partial charge in [0.2, 0.25) is 0 Å². The van der Waals surface area contributed by atoms with Crippen molar-refractivity contribution in [2.24, 2.45) is 0 Å². The number of fused-ring (bicyclic) bond motifs is 1. The zero-order valence-corrected chi connectivity index (χ0v) is 17.9. The predicted molar refractivity (Wildman–Crippen MR) is 118 cm³/mol. The zero-order valence-electron chi connectivity index (χ0n) is 16.3. The lowest BCUT2D eigenvalue weighted by atomic mass is 10.1. The number of aryl methyl sites for hydroxylation is 1. The largest absolute Gasteiger partial charge is 0.464 e. The topological polar surface area (TPSA) is 125 Å². The fourth-order valence-corrected chi connectivity index (χ4v) is 4.93. The highest BCUT2D eigenvalue weighted by Crippen LogP contribution is 2.25. The van der Waals surface area contributed by atoms with Crippen molar-refractivity contribution in [3.8, 4) is 0 Å². The Morgan fingerprint density at radius 1 is 1.23 bits per heavy atom. The minimum atomic E-state index is -4.43. The summed E-state index contributed by atoms with van der Waals surface area (Å²) in [5.74, 6) is -0.191. The Labute approximate surface area is 182 Å². The molecule has 3 heterocycles. The molecule has 31 heavy (non-hydrogen) atoms. The monoisotopic (exact) mass is 455 g/mol. The van der Waals surface area contributed by atoms with Gasteiger partial charge in [-0.1, -0.05) is 18.2 Å². The van der Waals surface area contributed by atoms with Gasteiger partial charge in [-0.15, -0.1) is 15.6 Å². The van der Waals surface area contributed by atoms with Crippen molar-refractivity contribution in [1.29, 1.82) is 0 Å². The van der Waals surface area contributed by atoms with E-state index in [1.54, 1.807) is 25.4 Å². The summed E-state index contributed by atoms with van der Waals surface area (Å²) in [6.45, 7) is 2.14. The molecule has 1 amide bonds. The molecule has 3 aromatic heterocycles. The van der Waals surface area contributed by atoms with Crippen LogP contribution in [0.15, 0.2) is 64.7 Å². The molecule has 4 aromatic rings. The van der Waals surface area contributed by atoms with Crippen molar-refractivity contribution >= 4 is 49.7 Å². The molecule has 0 spiro atoms. The molecule has 0 aliphatic carbocycles. The Bertz CT molecular complexity index is 1350. The van der Waals surface area contributed by atoms with Gasteiger partial charge in [0.25, 0.3) is 10.0 Å². The first kappa shape index (κ1) is 20.7. The quantitative estimate of drug-likeness (QED) is 0.449. The maximum Gasteiger partial charge on any atom is 0.427 e. The zero-order chi connectivity index (χ0) is 22.0. The van der Waals surface area contributed by atoms with Crippen molar-refractivity contribution in [2.45, 2.75) is 18.5 Å². The number of pyridine rings is 2. The highest BCUT2D eigenvalue weighted by molar-refractivity contribution is 7.93. The SMILES string of the molecule is Cc1nc(S(=O)(=O)N(C(=O)O)c2cscn2)ccc1NCc1cccc2ccncc12. The van der Waals surface area contributed by atoms with E-state index in [0.29, 0.717) is 17.9 Å². The number of hydrogen-bond acceptors (Lipinski definition) is 8. The van der Waals surface area contributed by atoms with E-state index in [1.165, 1.54) is 17.0 Å². The van der Waals surface area contributed by atoms with Crippen LogP contribution < -0.4 is 9.62 Å². The summed E-state index contributed by atoms with van der Waals surface area (Å²) in [6, 6.07) is 10.7. The van der Waals surface area contributed by atoms with Gasteiger partial charge in [-0.2, -0.15) is 8.42 Å². The summed E-state index contributed by atoms with van der Waals surface area (Å²) in [6.07, 6.45) is 1.88. The Balaban J connectivity index is 1.60. The molecule has 0 atom stereocenters. The fraction of sp³-hybridized carbons (Fsp3) is 0.100. The Kier molecular flexibility index (Phi) is 5.53. The molecule has 0 bridgehead atoms. The van der Waals surface area contributed by atoms with Gasteiger partial charge in [-0.05, 0) is 36.1 Å². The van der Waals surface area contributed by atoms with Crippen molar-refractivity contribution in [1.82, 2.24) is 15.0 Å². The van der Waals surface area contributed by atoms with Crippen molar-refractivity contribution < 1.29 is 18.3 Å². The van der Waals surface area contributed by atoms with Gasteiger partial charge in [0.1, 0.15) is 0 Å². The minimum absolute atomic E-state index is 0.191. The molecule has 2 N–H and O–H groups in total. The van der Waals surface area contributed by atoms with E-state index in [1.807, 2.05) is 24.3 Å². The average molecular weight is 456 g/mol.